The third-order valence-corrected chi connectivity index (χ3v) is 4.34. The summed E-state index contributed by atoms with van der Waals surface area (Å²) in [7, 11) is 0. The average Bonchev–Trinajstić information content (AvgIpc) is 2.53. The summed E-state index contributed by atoms with van der Waals surface area (Å²) in [6.07, 6.45) is 1.48. The van der Waals surface area contributed by atoms with E-state index in [0.717, 1.165) is 31.6 Å². The molecule has 2 rings (SSSR count). The molecule has 1 heterocycles. The highest BCUT2D eigenvalue weighted by Gasteiger charge is 2.27. The van der Waals surface area contributed by atoms with E-state index >= 15 is 0 Å². The Hall–Kier alpha value is -1.75. The lowest BCUT2D eigenvalue weighted by atomic mass is 9.96. The van der Waals surface area contributed by atoms with Crippen molar-refractivity contribution in [2.75, 3.05) is 24.6 Å². The highest BCUT2D eigenvalue weighted by atomic mass is 35.5. The van der Waals surface area contributed by atoms with Crippen molar-refractivity contribution < 1.29 is 19.1 Å². The van der Waals surface area contributed by atoms with Crippen molar-refractivity contribution >= 4 is 29.2 Å². The molecule has 6 heteroatoms. The van der Waals surface area contributed by atoms with Crippen LogP contribution < -0.4 is 4.90 Å². The normalized spacial score (nSPS) is 15.8. The van der Waals surface area contributed by atoms with Gasteiger partial charge in [-0.1, -0.05) is 11.6 Å². The van der Waals surface area contributed by atoms with E-state index in [1.165, 1.54) is 0 Å². The van der Waals surface area contributed by atoms with Gasteiger partial charge >= 0.3 is 11.9 Å². The molecule has 1 saturated heterocycles. The topological polar surface area (TPSA) is 55.8 Å². The van der Waals surface area contributed by atoms with E-state index in [2.05, 4.69) is 4.90 Å². The van der Waals surface area contributed by atoms with E-state index in [4.69, 9.17) is 21.1 Å². The third-order valence-electron chi connectivity index (χ3n) is 4.04. The zero-order valence-corrected chi connectivity index (χ0v) is 16.1. The summed E-state index contributed by atoms with van der Waals surface area (Å²) in [5.74, 6) is -0.550. The maximum absolute atomic E-state index is 12.1. The quantitative estimate of drug-likeness (QED) is 0.750. The Kier molecular flexibility index (Phi) is 6.33. The van der Waals surface area contributed by atoms with E-state index in [1.54, 1.807) is 12.1 Å². The van der Waals surface area contributed by atoms with Crippen LogP contribution in [0.15, 0.2) is 18.2 Å². The molecule has 5 nitrogen and oxygen atoms in total. The monoisotopic (exact) mass is 367 g/mol. The van der Waals surface area contributed by atoms with Gasteiger partial charge in [0.1, 0.15) is 5.60 Å². The number of hydrogen-bond acceptors (Lipinski definition) is 5. The molecule has 1 aromatic carbocycles. The summed E-state index contributed by atoms with van der Waals surface area (Å²) in [4.78, 5) is 26.1. The van der Waals surface area contributed by atoms with Crippen LogP contribution in [0.4, 0.5) is 5.69 Å². The molecular weight excluding hydrogens is 342 g/mol. The highest BCUT2D eigenvalue weighted by molar-refractivity contribution is 6.33. The fourth-order valence-corrected chi connectivity index (χ4v) is 3.14. The molecule has 0 aromatic heterocycles. The predicted octanol–water partition coefficient (Wildman–Crippen LogP) is 4.07. The van der Waals surface area contributed by atoms with Crippen molar-refractivity contribution in [3.05, 3.63) is 28.8 Å². The molecule has 0 radical (unpaired) electrons. The van der Waals surface area contributed by atoms with Crippen molar-refractivity contribution in [1.29, 1.82) is 0 Å². The third kappa shape index (κ3) is 5.36. The Morgan fingerprint density at radius 3 is 2.40 bits per heavy atom. The van der Waals surface area contributed by atoms with Gasteiger partial charge in [-0.25, -0.2) is 4.79 Å². The van der Waals surface area contributed by atoms with Crippen LogP contribution in [0.5, 0.6) is 0 Å². The molecule has 0 atom stereocenters. The molecule has 1 aromatic rings. The van der Waals surface area contributed by atoms with Crippen LogP contribution in [0.2, 0.25) is 5.02 Å². The average molecular weight is 368 g/mol. The first kappa shape index (κ1) is 19.6. The summed E-state index contributed by atoms with van der Waals surface area (Å²) in [6, 6.07) is 5.21. The van der Waals surface area contributed by atoms with Gasteiger partial charge in [0.15, 0.2) is 0 Å². The van der Waals surface area contributed by atoms with Gasteiger partial charge in [0.2, 0.25) is 0 Å². The van der Waals surface area contributed by atoms with Gasteiger partial charge in [-0.3, -0.25) is 4.79 Å². The summed E-state index contributed by atoms with van der Waals surface area (Å²) in [5.41, 5.74) is 0.762. The van der Waals surface area contributed by atoms with Crippen molar-refractivity contribution in [1.82, 2.24) is 0 Å². The highest BCUT2D eigenvalue weighted by Crippen LogP contribution is 2.31. The molecule has 0 N–H and O–H groups in total. The van der Waals surface area contributed by atoms with Crippen molar-refractivity contribution in [2.24, 2.45) is 5.92 Å². The van der Waals surface area contributed by atoms with Gasteiger partial charge in [0.05, 0.1) is 28.8 Å². The van der Waals surface area contributed by atoms with Gasteiger partial charge in [-0.05, 0) is 58.7 Å². The number of nitrogens with zero attached hydrogens (tertiary/aromatic N) is 1. The molecular formula is C19H26ClNO4. The molecule has 25 heavy (non-hydrogen) atoms. The zero-order chi connectivity index (χ0) is 18.6. The molecule has 0 aliphatic carbocycles. The summed E-state index contributed by atoms with van der Waals surface area (Å²) in [5, 5.41) is 0.512. The molecule has 0 spiro atoms. The van der Waals surface area contributed by atoms with Gasteiger partial charge in [-0.2, -0.15) is 0 Å². The number of halogens is 1. The van der Waals surface area contributed by atoms with Crippen LogP contribution in [0.3, 0.4) is 0 Å². The van der Waals surface area contributed by atoms with Crippen LogP contribution in [0, 0.1) is 5.92 Å². The summed E-state index contributed by atoms with van der Waals surface area (Å²) in [6.45, 7) is 9.18. The fourth-order valence-electron chi connectivity index (χ4n) is 2.84. The number of benzene rings is 1. The van der Waals surface area contributed by atoms with Gasteiger partial charge in [-0.15, -0.1) is 0 Å². The van der Waals surface area contributed by atoms with E-state index < -0.39 is 5.60 Å². The number of ether oxygens (including phenoxy) is 2. The number of anilines is 1. The lowest BCUT2D eigenvalue weighted by molar-refractivity contribution is -0.148. The first-order valence-electron chi connectivity index (χ1n) is 8.65. The lowest BCUT2D eigenvalue weighted by Gasteiger charge is -2.33. The molecule has 1 aliphatic rings. The summed E-state index contributed by atoms with van der Waals surface area (Å²) >= 11 is 6.39. The largest absolute Gasteiger partial charge is 0.466 e. The van der Waals surface area contributed by atoms with E-state index in [9.17, 15) is 9.59 Å². The second-order valence-electron chi connectivity index (χ2n) is 7.18. The zero-order valence-electron chi connectivity index (χ0n) is 15.3. The van der Waals surface area contributed by atoms with Crippen LogP contribution >= 0.6 is 11.6 Å². The molecule has 1 aliphatic heterocycles. The molecule has 0 saturated carbocycles. The van der Waals surface area contributed by atoms with E-state index in [-0.39, 0.29) is 17.9 Å². The van der Waals surface area contributed by atoms with Crippen LogP contribution in [0.1, 0.15) is 50.9 Å². The first-order valence-corrected chi connectivity index (χ1v) is 9.03. The van der Waals surface area contributed by atoms with Gasteiger partial charge in [0, 0.05) is 13.1 Å². The summed E-state index contributed by atoms with van der Waals surface area (Å²) < 4.78 is 10.5. The van der Waals surface area contributed by atoms with Crippen LogP contribution in [0.25, 0.3) is 0 Å². The van der Waals surface area contributed by atoms with Gasteiger partial charge < -0.3 is 14.4 Å². The Morgan fingerprint density at radius 1 is 1.24 bits per heavy atom. The minimum atomic E-state index is -0.544. The number of rotatable bonds is 4. The standard InChI is InChI=1S/C19H26ClNO4/c1-5-24-17(22)13-8-10-21(11-9-13)16-7-6-14(12-15(16)20)18(23)25-19(2,3)4/h6-7,12-13H,5,8-11H2,1-4H3. The number of carbonyl (C=O) groups is 2. The first-order chi connectivity index (χ1) is 11.7. The minimum Gasteiger partial charge on any atom is -0.466 e. The molecule has 0 unspecified atom stereocenters. The molecule has 0 amide bonds. The maximum atomic E-state index is 12.1. The fraction of sp³-hybridized carbons (Fsp3) is 0.579. The Labute approximate surface area is 154 Å². The van der Waals surface area contributed by atoms with Crippen molar-refractivity contribution in [3.63, 3.8) is 0 Å². The number of carbonyl (C=O) groups excluding carboxylic acids is 2. The van der Waals surface area contributed by atoms with E-state index in [0.29, 0.717) is 17.2 Å². The number of hydrogen-bond donors (Lipinski definition) is 0. The number of esters is 2. The lowest BCUT2D eigenvalue weighted by Crippen LogP contribution is -2.37. The van der Waals surface area contributed by atoms with Crippen LogP contribution in [-0.4, -0.2) is 37.2 Å². The SMILES string of the molecule is CCOC(=O)C1CCN(c2ccc(C(=O)OC(C)(C)C)cc2Cl)CC1. The molecule has 0 bridgehead atoms. The molecule has 138 valence electrons. The Bertz CT molecular complexity index is 631. The predicted molar refractivity (Wildman–Crippen MR) is 98.2 cm³/mol. The number of piperidine rings is 1. The Morgan fingerprint density at radius 2 is 1.88 bits per heavy atom. The second kappa shape index (κ2) is 8.09. The second-order valence-corrected chi connectivity index (χ2v) is 7.59. The maximum Gasteiger partial charge on any atom is 0.338 e. The smallest absolute Gasteiger partial charge is 0.338 e. The molecule has 1 fully saturated rings. The van der Waals surface area contributed by atoms with E-state index in [1.807, 2.05) is 33.8 Å². The van der Waals surface area contributed by atoms with Crippen LogP contribution in [-0.2, 0) is 14.3 Å². The van der Waals surface area contributed by atoms with Crippen molar-refractivity contribution in [2.45, 2.75) is 46.1 Å². The van der Waals surface area contributed by atoms with Gasteiger partial charge in [0.25, 0.3) is 0 Å². The van der Waals surface area contributed by atoms with Crippen molar-refractivity contribution in [3.8, 4) is 0 Å². The Balaban J connectivity index is 2.02. The minimum absolute atomic E-state index is 0.0454.